The molecule has 1 rings (SSSR count). The van der Waals surface area contributed by atoms with Crippen LogP contribution in [0.2, 0.25) is 0 Å². The van der Waals surface area contributed by atoms with Crippen molar-refractivity contribution < 1.29 is 9.90 Å². The third-order valence-corrected chi connectivity index (χ3v) is 2.84. The average molecular weight is 243 g/mol. The summed E-state index contributed by atoms with van der Waals surface area (Å²) in [6, 6.07) is -0.286. The Morgan fingerprint density at radius 2 is 2.38 bits per heavy atom. The lowest BCUT2D eigenvalue weighted by atomic mass is 10.0. The fourth-order valence-corrected chi connectivity index (χ4v) is 1.62. The summed E-state index contributed by atoms with van der Waals surface area (Å²) in [6.45, 7) is 4.34. The molecule has 90 valence electrons. The summed E-state index contributed by atoms with van der Waals surface area (Å²) in [6.07, 6.45) is 1.81. The summed E-state index contributed by atoms with van der Waals surface area (Å²) in [5.41, 5.74) is 0. The van der Waals surface area contributed by atoms with Gasteiger partial charge >= 0.3 is 6.03 Å². The number of amides is 2. The summed E-state index contributed by atoms with van der Waals surface area (Å²) in [5.74, 6) is 0.212. The van der Waals surface area contributed by atoms with Gasteiger partial charge in [0.1, 0.15) is 0 Å². The van der Waals surface area contributed by atoms with Crippen LogP contribution in [0.4, 0.5) is 9.93 Å². The number of carbonyl (C=O) groups is 1. The number of nitrogens with zero attached hydrogens (tertiary/aromatic N) is 1. The first-order chi connectivity index (χ1) is 7.59. The molecule has 1 atom stereocenters. The molecule has 0 aliphatic carbocycles. The Hall–Kier alpha value is -1.14. The molecule has 0 fully saturated rings. The standard InChI is InChI=1S/C10H17N3O2S/c1-7(2)8(14)3-4-11-9(15)13-10-12-5-6-16-10/h5-8,14H,3-4H2,1-2H3,(H2,11,12,13,15). The zero-order valence-electron chi connectivity index (χ0n) is 9.43. The van der Waals surface area contributed by atoms with Crippen LogP contribution in [0.3, 0.4) is 0 Å². The first kappa shape index (κ1) is 12.9. The van der Waals surface area contributed by atoms with Gasteiger partial charge in [-0.1, -0.05) is 13.8 Å². The highest BCUT2D eigenvalue weighted by Gasteiger charge is 2.09. The van der Waals surface area contributed by atoms with E-state index >= 15 is 0 Å². The molecular weight excluding hydrogens is 226 g/mol. The molecule has 0 spiro atoms. The molecule has 0 aliphatic rings. The van der Waals surface area contributed by atoms with Crippen LogP contribution in [0.25, 0.3) is 0 Å². The fourth-order valence-electron chi connectivity index (χ4n) is 1.09. The zero-order valence-corrected chi connectivity index (χ0v) is 10.3. The molecule has 1 aromatic rings. The Bertz CT molecular complexity index is 314. The summed E-state index contributed by atoms with van der Waals surface area (Å²) in [5, 5.41) is 17.1. The molecule has 0 bridgehead atoms. The highest BCUT2D eigenvalue weighted by molar-refractivity contribution is 7.13. The maximum atomic E-state index is 11.3. The fraction of sp³-hybridized carbons (Fsp3) is 0.600. The number of aliphatic hydroxyl groups excluding tert-OH is 1. The topological polar surface area (TPSA) is 74.2 Å². The maximum absolute atomic E-state index is 11.3. The molecule has 16 heavy (non-hydrogen) atoms. The Labute approximate surface area is 98.9 Å². The van der Waals surface area contributed by atoms with Crippen molar-refractivity contribution in [3.8, 4) is 0 Å². The minimum Gasteiger partial charge on any atom is -0.393 e. The van der Waals surface area contributed by atoms with Crippen molar-refractivity contribution in [3.63, 3.8) is 0 Å². The number of urea groups is 1. The Morgan fingerprint density at radius 3 is 2.94 bits per heavy atom. The second-order valence-electron chi connectivity index (χ2n) is 3.82. The molecule has 0 saturated carbocycles. The Balaban J connectivity index is 2.16. The average Bonchev–Trinajstić information content (AvgIpc) is 2.70. The summed E-state index contributed by atoms with van der Waals surface area (Å²) in [7, 11) is 0. The van der Waals surface area contributed by atoms with Gasteiger partial charge in [0.05, 0.1) is 6.10 Å². The highest BCUT2D eigenvalue weighted by atomic mass is 32.1. The number of hydrogen-bond donors (Lipinski definition) is 3. The van der Waals surface area contributed by atoms with Gasteiger partial charge in [0.2, 0.25) is 0 Å². The largest absolute Gasteiger partial charge is 0.393 e. The van der Waals surface area contributed by atoms with Crippen LogP contribution in [-0.2, 0) is 0 Å². The third kappa shape index (κ3) is 4.59. The van der Waals surface area contributed by atoms with E-state index in [1.807, 2.05) is 13.8 Å². The molecule has 2 amide bonds. The van der Waals surface area contributed by atoms with Crippen LogP contribution in [0.1, 0.15) is 20.3 Å². The quantitative estimate of drug-likeness (QED) is 0.736. The first-order valence-corrected chi connectivity index (χ1v) is 6.10. The van der Waals surface area contributed by atoms with Crippen LogP contribution < -0.4 is 10.6 Å². The van der Waals surface area contributed by atoms with Gasteiger partial charge in [-0.25, -0.2) is 9.78 Å². The predicted molar refractivity (Wildman–Crippen MR) is 64.6 cm³/mol. The number of aliphatic hydroxyl groups is 1. The van der Waals surface area contributed by atoms with E-state index in [1.54, 1.807) is 11.6 Å². The van der Waals surface area contributed by atoms with Crippen molar-refractivity contribution in [3.05, 3.63) is 11.6 Å². The van der Waals surface area contributed by atoms with Gasteiger partial charge in [-0.05, 0) is 12.3 Å². The number of thiazole rings is 1. The van der Waals surface area contributed by atoms with Crippen LogP contribution >= 0.6 is 11.3 Å². The number of anilines is 1. The molecule has 0 saturated heterocycles. The van der Waals surface area contributed by atoms with Gasteiger partial charge in [0.25, 0.3) is 0 Å². The molecule has 0 radical (unpaired) electrons. The first-order valence-electron chi connectivity index (χ1n) is 5.22. The van der Waals surface area contributed by atoms with E-state index in [4.69, 9.17) is 0 Å². The molecule has 1 unspecified atom stereocenters. The molecular formula is C10H17N3O2S. The van der Waals surface area contributed by atoms with Gasteiger partial charge in [0.15, 0.2) is 5.13 Å². The van der Waals surface area contributed by atoms with E-state index in [2.05, 4.69) is 15.6 Å². The van der Waals surface area contributed by atoms with Gasteiger partial charge in [-0.15, -0.1) is 11.3 Å². The van der Waals surface area contributed by atoms with Gasteiger partial charge < -0.3 is 10.4 Å². The van der Waals surface area contributed by atoms with Crippen LogP contribution in [0.5, 0.6) is 0 Å². The van der Waals surface area contributed by atoms with E-state index in [9.17, 15) is 9.90 Å². The molecule has 1 heterocycles. The van der Waals surface area contributed by atoms with E-state index in [0.717, 1.165) is 0 Å². The number of aromatic nitrogens is 1. The van der Waals surface area contributed by atoms with Gasteiger partial charge in [-0.2, -0.15) is 0 Å². The number of rotatable bonds is 5. The van der Waals surface area contributed by atoms with Crippen molar-refractivity contribution in [1.82, 2.24) is 10.3 Å². The third-order valence-electron chi connectivity index (χ3n) is 2.15. The lowest BCUT2D eigenvalue weighted by Crippen LogP contribution is -2.32. The lowest BCUT2D eigenvalue weighted by Gasteiger charge is -2.14. The lowest BCUT2D eigenvalue weighted by molar-refractivity contribution is 0.117. The minimum absolute atomic E-state index is 0.212. The van der Waals surface area contributed by atoms with Crippen molar-refractivity contribution in [2.75, 3.05) is 11.9 Å². The van der Waals surface area contributed by atoms with E-state index < -0.39 is 0 Å². The Kier molecular flexibility index (Phi) is 5.21. The van der Waals surface area contributed by atoms with Crippen molar-refractivity contribution >= 4 is 22.5 Å². The number of nitrogens with one attached hydrogen (secondary N) is 2. The van der Waals surface area contributed by atoms with E-state index in [1.165, 1.54) is 11.3 Å². The van der Waals surface area contributed by atoms with Crippen molar-refractivity contribution in [2.24, 2.45) is 5.92 Å². The van der Waals surface area contributed by atoms with Gasteiger partial charge in [0, 0.05) is 18.1 Å². The molecule has 1 aromatic heterocycles. The molecule has 6 heteroatoms. The molecule has 0 aliphatic heterocycles. The minimum atomic E-state index is -0.375. The number of hydrogen-bond acceptors (Lipinski definition) is 4. The smallest absolute Gasteiger partial charge is 0.321 e. The van der Waals surface area contributed by atoms with Crippen molar-refractivity contribution in [1.29, 1.82) is 0 Å². The summed E-state index contributed by atoms with van der Waals surface area (Å²) < 4.78 is 0. The van der Waals surface area contributed by atoms with Gasteiger partial charge in [-0.3, -0.25) is 5.32 Å². The van der Waals surface area contributed by atoms with E-state index in [0.29, 0.717) is 18.1 Å². The number of carbonyl (C=O) groups excluding carboxylic acids is 1. The second-order valence-corrected chi connectivity index (χ2v) is 4.71. The summed E-state index contributed by atoms with van der Waals surface area (Å²) in [4.78, 5) is 15.2. The van der Waals surface area contributed by atoms with E-state index in [-0.39, 0.29) is 18.1 Å². The second kappa shape index (κ2) is 6.44. The van der Waals surface area contributed by atoms with Crippen LogP contribution in [-0.4, -0.2) is 28.8 Å². The summed E-state index contributed by atoms with van der Waals surface area (Å²) >= 11 is 1.36. The maximum Gasteiger partial charge on any atom is 0.321 e. The normalized spacial score (nSPS) is 12.5. The molecule has 5 nitrogen and oxygen atoms in total. The monoisotopic (exact) mass is 243 g/mol. The highest BCUT2D eigenvalue weighted by Crippen LogP contribution is 2.09. The Morgan fingerprint density at radius 1 is 1.62 bits per heavy atom. The van der Waals surface area contributed by atoms with Crippen LogP contribution in [0.15, 0.2) is 11.6 Å². The van der Waals surface area contributed by atoms with Crippen LogP contribution in [0, 0.1) is 5.92 Å². The molecule has 0 aromatic carbocycles. The van der Waals surface area contributed by atoms with Crippen molar-refractivity contribution in [2.45, 2.75) is 26.4 Å². The molecule has 3 N–H and O–H groups in total. The predicted octanol–water partition coefficient (Wildman–Crippen LogP) is 1.67. The zero-order chi connectivity index (χ0) is 12.0. The SMILES string of the molecule is CC(C)C(O)CCNC(=O)Nc1nccs1.